The Morgan fingerprint density at radius 1 is 1.26 bits per heavy atom. The van der Waals surface area contributed by atoms with Crippen LogP contribution in [0.3, 0.4) is 0 Å². The molecule has 0 aliphatic heterocycles. The highest BCUT2D eigenvalue weighted by atomic mass is 127. The highest BCUT2D eigenvalue weighted by molar-refractivity contribution is 14.1. The molecule has 4 nitrogen and oxygen atoms in total. The van der Waals surface area contributed by atoms with Crippen LogP contribution in [0.15, 0.2) is 36.4 Å². The van der Waals surface area contributed by atoms with Crippen molar-refractivity contribution in [3.8, 4) is 0 Å². The quantitative estimate of drug-likeness (QED) is 0.555. The van der Waals surface area contributed by atoms with Crippen LogP contribution in [-0.2, 0) is 0 Å². The van der Waals surface area contributed by atoms with Crippen molar-refractivity contribution in [1.29, 1.82) is 0 Å². The number of halogens is 4. The fraction of sp³-hybridized carbons (Fsp3) is 0.0667. The number of nitrogens with one attached hydrogen (secondary N) is 2. The molecule has 23 heavy (non-hydrogen) atoms. The Labute approximate surface area is 148 Å². The average molecular weight is 448 g/mol. The number of rotatable bonds is 3. The predicted octanol–water partition coefficient (Wildman–Crippen LogP) is 5.01. The second kappa shape index (κ2) is 6.40. The predicted molar refractivity (Wildman–Crippen MR) is 93.2 cm³/mol. The van der Waals surface area contributed by atoms with Crippen molar-refractivity contribution in [2.75, 3.05) is 5.32 Å². The largest absolute Gasteiger partial charge is 0.337 e. The minimum atomic E-state index is -2.69. The molecular weight excluding hydrogens is 439 g/mol. The molecule has 3 aromatic rings. The van der Waals surface area contributed by atoms with Crippen LogP contribution in [0.4, 0.5) is 14.5 Å². The standard InChI is InChI=1S/C15H9ClF2IN3O/c16-9-6-8(19)2-4-10(9)22-15(23)7-1-3-11-12(5-7)21-14(20-11)13(17)18/h1-6,13H,(H,20,21)(H,22,23). The van der Waals surface area contributed by atoms with Crippen LogP contribution in [0, 0.1) is 3.57 Å². The summed E-state index contributed by atoms with van der Waals surface area (Å²) in [6.07, 6.45) is -2.69. The number of alkyl halides is 2. The number of carbonyl (C=O) groups is 1. The molecular formula is C15H9ClF2IN3O. The van der Waals surface area contributed by atoms with E-state index in [1.54, 1.807) is 12.1 Å². The van der Waals surface area contributed by atoms with Gasteiger partial charge in [0.05, 0.1) is 21.7 Å². The topological polar surface area (TPSA) is 57.8 Å². The van der Waals surface area contributed by atoms with Crippen LogP contribution in [0.5, 0.6) is 0 Å². The Bertz CT molecular complexity index is 898. The molecule has 0 radical (unpaired) electrons. The van der Waals surface area contributed by atoms with Crippen molar-refractivity contribution in [2.45, 2.75) is 6.43 Å². The first kappa shape index (κ1) is 16.1. The molecule has 1 aromatic heterocycles. The summed E-state index contributed by atoms with van der Waals surface area (Å²) in [5, 5.41) is 3.12. The maximum atomic E-state index is 12.6. The first-order chi connectivity index (χ1) is 10.9. The van der Waals surface area contributed by atoms with Gasteiger partial charge in [-0.2, -0.15) is 0 Å². The molecule has 118 valence electrons. The van der Waals surface area contributed by atoms with Gasteiger partial charge in [0.25, 0.3) is 12.3 Å². The van der Waals surface area contributed by atoms with Crippen molar-refractivity contribution in [1.82, 2.24) is 9.97 Å². The van der Waals surface area contributed by atoms with Gasteiger partial charge in [-0.05, 0) is 59.0 Å². The molecule has 0 aliphatic rings. The van der Waals surface area contributed by atoms with Crippen molar-refractivity contribution >= 4 is 56.8 Å². The number of H-pyrrole nitrogens is 1. The summed E-state index contributed by atoms with van der Waals surface area (Å²) in [6.45, 7) is 0. The van der Waals surface area contributed by atoms with Crippen LogP contribution >= 0.6 is 34.2 Å². The molecule has 0 atom stereocenters. The minimum absolute atomic E-state index is 0.316. The van der Waals surface area contributed by atoms with Gasteiger partial charge < -0.3 is 10.3 Å². The second-order valence-electron chi connectivity index (χ2n) is 4.73. The van der Waals surface area contributed by atoms with E-state index >= 15 is 0 Å². The highest BCUT2D eigenvalue weighted by Crippen LogP contribution is 2.25. The van der Waals surface area contributed by atoms with Crippen LogP contribution in [0.2, 0.25) is 5.02 Å². The van der Waals surface area contributed by atoms with E-state index in [1.165, 1.54) is 18.2 Å². The number of fused-ring (bicyclic) bond motifs is 1. The van der Waals surface area contributed by atoms with Gasteiger partial charge in [-0.3, -0.25) is 4.79 Å². The summed E-state index contributed by atoms with van der Waals surface area (Å²) in [4.78, 5) is 18.5. The van der Waals surface area contributed by atoms with E-state index in [1.807, 2.05) is 6.07 Å². The summed E-state index contributed by atoms with van der Waals surface area (Å²) >= 11 is 8.19. The van der Waals surface area contributed by atoms with Gasteiger partial charge in [0.2, 0.25) is 0 Å². The smallest absolute Gasteiger partial charge is 0.295 e. The molecule has 0 spiro atoms. The van der Waals surface area contributed by atoms with E-state index in [0.29, 0.717) is 27.3 Å². The molecule has 1 amide bonds. The molecule has 8 heteroatoms. The van der Waals surface area contributed by atoms with Gasteiger partial charge >= 0.3 is 0 Å². The van der Waals surface area contributed by atoms with Gasteiger partial charge in [-0.1, -0.05) is 11.6 Å². The third-order valence-corrected chi connectivity index (χ3v) is 4.13. The molecule has 2 aromatic carbocycles. The van der Waals surface area contributed by atoms with Crippen molar-refractivity contribution < 1.29 is 13.6 Å². The maximum Gasteiger partial charge on any atom is 0.295 e. The Morgan fingerprint density at radius 3 is 2.74 bits per heavy atom. The van der Waals surface area contributed by atoms with Gasteiger partial charge in [0, 0.05) is 9.13 Å². The lowest BCUT2D eigenvalue weighted by atomic mass is 10.2. The van der Waals surface area contributed by atoms with Crippen molar-refractivity contribution in [3.63, 3.8) is 0 Å². The molecule has 0 fully saturated rings. The van der Waals surface area contributed by atoms with Gasteiger partial charge in [0.1, 0.15) is 0 Å². The number of amides is 1. The number of anilines is 1. The van der Waals surface area contributed by atoms with Crippen LogP contribution < -0.4 is 5.32 Å². The number of aromatic nitrogens is 2. The first-order valence-electron chi connectivity index (χ1n) is 6.48. The third kappa shape index (κ3) is 3.45. The normalized spacial score (nSPS) is 11.2. The molecule has 0 bridgehead atoms. The average Bonchev–Trinajstić information content (AvgIpc) is 2.93. The maximum absolute atomic E-state index is 12.6. The van der Waals surface area contributed by atoms with E-state index in [0.717, 1.165) is 3.57 Å². The molecule has 1 heterocycles. The Hall–Kier alpha value is -1.74. The second-order valence-corrected chi connectivity index (χ2v) is 6.39. The highest BCUT2D eigenvalue weighted by Gasteiger charge is 2.15. The molecule has 3 rings (SSSR count). The number of hydrogen-bond acceptors (Lipinski definition) is 2. The van der Waals surface area contributed by atoms with E-state index in [-0.39, 0.29) is 5.91 Å². The van der Waals surface area contributed by atoms with Gasteiger partial charge in [-0.25, -0.2) is 13.8 Å². The third-order valence-electron chi connectivity index (χ3n) is 3.15. The zero-order valence-corrected chi connectivity index (χ0v) is 14.3. The van der Waals surface area contributed by atoms with Crippen molar-refractivity contribution in [2.24, 2.45) is 0 Å². The number of imidazole rings is 1. The van der Waals surface area contributed by atoms with Gasteiger partial charge in [-0.15, -0.1) is 0 Å². The SMILES string of the molecule is O=C(Nc1ccc(I)cc1Cl)c1ccc2nc(C(F)F)[nH]c2c1. The van der Waals surface area contributed by atoms with Crippen LogP contribution in [0.25, 0.3) is 11.0 Å². The lowest BCUT2D eigenvalue weighted by Gasteiger charge is -2.07. The molecule has 0 unspecified atom stereocenters. The summed E-state index contributed by atoms with van der Waals surface area (Å²) in [7, 11) is 0. The number of benzene rings is 2. The number of hydrogen-bond donors (Lipinski definition) is 2. The van der Waals surface area contributed by atoms with E-state index in [4.69, 9.17) is 11.6 Å². The molecule has 0 saturated carbocycles. The van der Waals surface area contributed by atoms with Gasteiger partial charge in [0.15, 0.2) is 5.82 Å². The van der Waals surface area contributed by atoms with E-state index < -0.39 is 12.2 Å². The van der Waals surface area contributed by atoms with E-state index in [9.17, 15) is 13.6 Å². The summed E-state index contributed by atoms with van der Waals surface area (Å²) in [5.74, 6) is -0.804. The zero-order valence-electron chi connectivity index (χ0n) is 11.4. The molecule has 2 N–H and O–H groups in total. The monoisotopic (exact) mass is 447 g/mol. The minimum Gasteiger partial charge on any atom is -0.337 e. The molecule has 0 saturated heterocycles. The Kier molecular flexibility index (Phi) is 4.49. The van der Waals surface area contributed by atoms with Crippen LogP contribution in [0.1, 0.15) is 22.6 Å². The molecule has 0 aliphatic carbocycles. The summed E-state index contributed by atoms with van der Waals surface area (Å²) in [5.41, 5.74) is 1.55. The number of nitrogens with zero attached hydrogens (tertiary/aromatic N) is 1. The van der Waals surface area contributed by atoms with E-state index in [2.05, 4.69) is 37.9 Å². The summed E-state index contributed by atoms with van der Waals surface area (Å²) in [6, 6.07) is 9.76. The first-order valence-corrected chi connectivity index (χ1v) is 7.94. The lowest BCUT2D eigenvalue weighted by molar-refractivity contribution is 0.102. The zero-order chi connectivity index (χ0) is 16.6. The fourth-order valence-electron chi connectivity index (χ4n) is 2.06. The Balaban J connectivity index is 1.88. The van der Waals surface area contributed by atoms with Crippen LogP contribution in [-0.4, -0.2) is 15.9 Å². The Morgan fingerprint density at radius 2 is 2.04 bits per heavy atom. The lowest BCUT2D eigenvalue weighted by Crippen LogP contribution is -2.12. The summed E-state index contributed by atoms with van der Waals surface area (Å²) < 4.78 is 26.2. The fourth-order valence-corrected chi connectivity index (χ4v) is 2.96. The van der Waals surface area contributed by atoms with Crippen molar-refractivity contribution in [3.05, 3.63) is 56.4 Å². The number of aromatic amines is 1. The number of carbonyl (C=O) groups excluding carboxylic acids is 1.